The normalized spacial score (nSPS) is 21.0. The number of para-hydroxylation sites is 1. The highest BCUT2D eigenvalue weighted by atomic mass is 15.3. The van der Waals surface area contributed by atoms with Crippen molar-refractivity contribution in [3.8, 4) is 11.1 Å². The molecule has 65 heavy (non-hydrogen) atoms. The molecule has 7 aromatic carbocycles. The van der Waals surface area contributed by atoms with E-state index >= 15 is 0 Å². The Labute approximate surface area is 388 Å². The SMILES string of the molecule is CC(C)(C)c1ccc(-c2ccc(N3c4cc(N5c6ccccc6C6(C)CCCCC56C)cc5c4B4c6c3cccc6C(C)(C)c3cccc(c34)N5c3ccc(C(C)(C)C)cc3)cc2)cc1. The number of benzene rings is 7. The zero-order valence-electron chi connectivity index (χ0n) is 40.1. The van der Waals surface area contributed by atoms with Gasteiger partial charge >= 0.3 is 0 Å². The zero-order chi connectivity index (χ0) is 45.0. The van der Waals surface area contributed by atoms with Gasteiger partial charge in [-0.25, -0.2) is 0 Å². The fourth-order valence-corrected chi connectivity index (χ4v) is 13.2. The molecule has 7 aromatic rings. The Kier molecular flexibility index (Phi) is 8.44. The van der Waals surface area contributed by atoms with Crippen LogP contribution >= 0.6 is 0 Å². The predicted molar refractivity (Wildman–Crippen MR) is 278 cm³/mol. The lowest BCUT2D eigenvalue weighted by atomic mass is 9.28. The molecule has 0 aromatic heterocycles. The first-order chi connectivity index (χ1) is 31.0. The summed E-state index contributed by atoms with van der Waals surface area (Å²) in [4.78, 5) is 8.04. The smallest absolute Gasteiger partial charge is 0.252 e. The Morgan fingerprint density at radius 3 is 1.42 bits per heavy atom. The van der Waals surface area contributed by atoms with Gasteiger partial charge in [0.2, 0.25) is 0 Å². The molecule has 1 aliphatic carbocycles. The van der Waals surface area contributed by atoms with Gasteiger partial charge in [-0.05, 0) is 141 Å². The van der Waals surface area contributed by atoms with E-state index in [1.807, 2.05) is 0 Å². The summed E-state index contributed by atoms with van der Waals surface area (Å²) >= 11 is 0. The Morgan fingerprint density at radius 2 is 0.877 bits per heavy atom. The van der Waals surface area contributed by atoms with Gasteiger partial charge in [-0.3, -0.25) is 0 Å². The molecule has 5 aliphatic rings. The van der Waals surface area contributed by atoms with Crippen LogP contribution in [0.5, 0.6) is 0 Å². The number of fused-ring (bicyclic) bond motifs is 3. The van der Waals surface area contributed by atoms with E-state index in [0.29, 0.717) is 0 Å². The van der Waals surface area contributed by atoms with Crippen molar-refractivity contribution in [2.75, 3.05) is 14.7 Å². The number of hydrogen-bond acceptors (Lipinski definition) is 3. The molecule has 3 nitrogen and oxygen atoms in total. The number of hydrogen-bond donors (Lipinski definition) is 0. The first-order valence-electron chi connectivity index (χ1n) is 24.3. The highest BCUT2D eigenvalue weighted by molar-refractivity contribution is 7.01. The molecule has 324 valence electrons. The van der Waals surface area contributed by atoms with Gasteiger partial charge in [-0.1, -0.05) is 166 Å². The van der Waals surface area contributed by atoms with Crippen molar-refractivity contribution in [1.82, 2.24) is 0 Å². The second-order valence-corrected chi connectivity index (χ2v) is 22.9. The van der Waals surface area contributed by atoms with Crippen molar-refractivity contribution < 1.29 is 0 Å². The lowest BCUT2D eigenvalue weighted by Gasteiger charge is -2.52. The van der Waals surface area contributed by atoms with Crippen molar-refractivity contribution in [2.45, 2.75) is 122 Å². The summed E-state index contributed by atoms with van der Waals surface area (Å²) < 4.78 is 0. The molecule has 1 fully saturated rings. The highest BCUT2D eigenvalue weighted by Crippen LogP contribution is 2.62. The van der Waals surface area contributed by atoms with E-state index in [2.05, 4.69) is 230 Å². The molecule has 0 amide bonds. The van der Waals surface area contributed by atoms with Gasteiger partial charge in [0.1, 0.15) is 0 Å². The van der Waals surface area contributed by atoms with Gasteiger partial charge in [0.05, 0.1) is 5.54 Å². The molecule has 0 bridgehead atoms. The van der Waals surface area contributed by atoms with E-state index in [0.717, 1.165) is 6.42 Å². The molecule has 4 heteroatoms. The van der Waals surface area contributed by atoms with Gasteiger partial charge in [-0.2, -0.15) is 0 Å². The second kappa shape index (κ2) is 13.5. The maximum absolute atomic E-state index is 2.78. The largest absolute Gasteiger partial charge is 0.334 e. The van der Waals surface area contributed by atoms with Crippen LogP contribution in [-0.2, 0) is 21.7 Å². The molecule has 12 rings (SSSR count). The van der Waals surface area contributed by atoms with Crippen LogP contribution < -0.4 is 31.1 Å². The Bertz CT molecular complexity index is 3070. The van der Waals surface area contributed by atoms with Gasteiger partial charge < -0.3 is 14.7 Å². The fraction of sp³-hybridized carbons (Fsp3) is 0.311. The summed E-state index contributed by atoms with van der Waals surface area (Å²) in [5.74, 6) is 0. The van der Waals surface area contributed by atoms with E-state index in [9.17, 15) is 0 Å². The lowest BCUT2D eigenvalue weighted by molar-refractivity contribution is 0.195. The average Bonchev–Trinajstić information content (AvgIpc) is 3.50. The van der Waals surface area contributed by atoms with Crippen LogP contribution in [0, 0.1) is 0 Å². The van der Waals surface area contributed by atoms with Crippen molar-refractivity contribution in [1.29, 1.82) is 0 Å². The van der Waals surface area contributed by atoms with Gasteiger partial charge in [0.15, 0.2) is 0 Å². The first-order valence-corrected chi connectivity index (χ1v) is 24.3. The van der Waals surface area contributed by atoms with Gasteiger partial charge in [0, 0.05) is 56.3 Å². The molecule has 0 saturated heterocycles. The van der Waals surface area contributed by atoms with Crippen LogP contribution in [0.15, 0.2) is 146 Å². The van der Waals surface area contributed by atoms with Crippen molar-refractivity contribution in [3.05, 3.63) is 173 Å². The minimum Gasteiger partial charge on any atom is -0.334 e. The minimum absolute atomic E-state index is 0.0377. The molecule has 0 spiro atoms. The third-order valence-corrected chi connectivity index (χ3v) is 16.9. The van der Waals surface area contributed by atoms with Crippen LogP contribution in [0.25, 0.3) is 11.1 Å². The molecule has 2 unspecified atom stereocenters. The number of nitrogens with zero attached hydrogens (tertiary/aromatic N) is 3. The molecule has 1 saturated carbocycles. The van der Waals surface area contributed by atoms with E-state index in [1.54, 1.807) is 0 Å². The Morgan fingerprint density at radius 1 is 0.431 bits per heavy atom. The topological polar surface area (TPSA) is 9.72 Å². The van der Waals surface area contributed by atoms with Crippen LogP contribution in [0.3, 0.4) is 0 Å². The quantitative estimate of drug-likeness (QED) is 0.163. The average molecular weight is 848 g/mol. The van der Waals surface area contributed by atoms with E-state index < -0.39 is 0 Å². The summed E-state index contributed by atoms with van der Waals surface area (Å²) in [6.07, 6.45) is 4.86. The Balaban J connectivity index is 1.14. The van der Waals surface area contributed by atoms with Crippen LogP contribution in [0.1, 0.15) is 123 Å². The van der Waals surface area contributed by atoms with Crippen molar-refractivity contribution >= 4 is 68.6 Å². The standard InChI is InChI=1S/C61H62BN3/c1-57(2,3)41-27-23-39(24-28-41)40-25-31-43(32-26-40)63-50-21-15-18-47-54(50)62-55-48(59(47,7)8)19-16-22-51(55)64(44-33-29-42(30-34-44)58(4,5)6)53-38-45(37-52(63)56(53)62)65-49-20-12-11-17-46(49)60(9)35-13-14-36-61(60,65)10/h11-12,15-34,37-38H,13-14,35-36H2,1-10H3. The van der Waals surface area contributed by atoms with Crippen molar-refractivity contribution in [2.24, 2.45) is 0 Å². The Hall–Kier alpha value is -6.00. The summed E-state index contributed by atoms with van der Waals surface area (Å²) in [6.45, 7) is 23.9. The molecule has 0 N–H and O–H groups in total. The van der Waals surface area contributed by atoms with E-state index in [1.165, 1.54) is 120 Å². The molecular weight excluding hydrogens is 786 g/mol. The summed E-state index contributed by atoms with van der Waals surface area (Å²) in [7, 11) is 0. The molecule has 2 atom stereocenters. The zero-order valence-corrected chi connectivity index (χ0v) is 40.1. The van der Waals surface area contributed by atoms with Gasteiger partial charge in [-0.15, -0.1) is 0 Å². The summed E-state index contributed by atoms with van der Waals surface area (Å²) in [6, 6.07) is 56.9. The van der Waals surface area contributed by atoms with E-state index in [-0.39, 0.29) is 33.9 Å². The monoisotopic (exact) mass is 848 g/mol. The minimum atomic E-state index is -0.196. The second-order valence-electron chi connectivity index (χ2n) is 22.9. The van der Waals surface area contributed by atoms with Crippen molar-refractivity contribution in [3.63, 3.8) is 0 Å². The van der Waals surface area contributed by atoms with Crippen LogP contribution in [0.2, 0.25) is 0 Å². The number of rotatable bonds is 4. The number of anilines is 8. The van der Waals surface area contributed by atoms with Crippen LogP contribution in [0.4, 0.5) is 45.5 Å². The molecule has 0 radical (unpaired) electrons. The third-order valence-electron chi connectivity index (χ3n) is 16.9. The summed E-state index contributed by atoms with van der Waals surface area (Å²) in [5, 5.41) is 0. The van der Waals surface area contributed by atoms with Gasteiger partial charge in [0.25, 0.3) is 6.71 Å². The van der Waals surface area contributed by atoms with Crippen LogP contribution in [-0.4, -0.2) is 12.3 Å². The maximum atomic E-state index is 2.78. The highest BCUT2D eigenvalue weighted by Gasteiger charge is 2.58. The third kappa shape index (κ3) is 5.55. The predicted octanol–water partition coefficient (Wildman–Crippen LogP) is 14.4. The lowest BCUT2D eigenvalue weighted by Crippen LogP contribution is -2.67. The maximum Gasteiger partial charge on any atom is 0.252 e. The fourth-order valence-electron chi connectivity index (χ4n) is 13.2. The first kappa shape index (κ1) is 40.5. The molecular formula is C61H62BN3. The summed E-state index contributed by atoms with van der Waals surface area (Å²) in [5.41, 5.74) is 23.9. The van der Waals surface area contributed by atoms with E-state index in [4.69, 9.17) is 0 Å². The molecule has 4 heterocycles. The molecule has 4 aliphatic heterocycles.